The molecule has 0 heterocycles. The van der Waals surface area contributed by atoms with Crippen LogP contribution < -0.4 is 10.2 Å². The van der Waals surface area contributed by atoms with E-state index in [0.29, 0.717) is 5.69 Å². The molecule has 6 nitrogen and oxygen atoms in total. The van der Waals surface area contributed by atoms with Crippen LogP contribution in [0.1, 0.15) is 10.4 Å². The van der Waals surface area contributed by atoms with Gasteiger partial charge in [0.05, 0.1) is 15.6 Å². The molecule has 0 aliphatic carbocycles. The summed E-state index contributed by atoms with van der Waals surface area (Å²) < 4.78 is 0. The van der Waals surface area contributed by atoms with Gasteiger partial charge in [-0.3, -0.25) is 9.63 Å². The van der Waals surface area contributed by atoms with Crippen LogP contribution in [0.4, 0.5) is 5.69 Å². The average Bonchev–Trinajstić information content (AvgIpc) is 2.44. The fourth-order valence-corrected chi connectivity index (χ4v) is 1.94. The number of para-hydroxylation sites is 1. The molecule has 0 aromatic heterocycles. The lowest BCUT2D eigenvalue weighted by Crippen LogP contribution is -2.15. The first-order valence-corrected chi connectivity index (χ1v) is 6.41. The topological polar surface area (TPSA) is 81.5 Å². The summed E-state index contributed by atoms with van der Waals surface area (Å²) in [6.45, 7) is 0. The van der Waals surface area contributed by atoms with E-state index in [-0.39, 0.29) is 15.6 Å². The van der Waals surface area contributed by atoms with Crippen LogP contribution in [0.25, 0.3) is 0 Å². The quantitative estimate of drug-likeness (QED) is 0.684. The molecule has 2 rings (SSSR count). The van der Waals surface area contributed by atoms with Crippen molar-refractivity contribution in [2.24, 2.45) is 0 Å². The summed E-state index contributed by atoms with van der Waals surface area (Å²) in [5.41, 5.74) is 0.436. The summed E-state index contributed by atoms with van der Waals surface area (Å²) in [6, 6.07) is 11.3. The van der Waals surface area contributed by atoms with Gasteiger partial charge in [0.15, 0.2) is 5.75 Å². The molecule has 0 atom stereocenters. The maximum Gasteiger partial charge on any atom is 0.299 e. The highest BCUT2D eigenvalue weighted by Crippen LogP contribution is 2.35. The molecule has 1 N–H and O–H groups in total. The Hall–Kier alpha value is -2.31. The Labute approximate surface area is 129 Å². The Kier molecular flexibility index (Phi) is 4.62. The number of rotatable bonds is 4. The second kappa shape index (κ2) is 6.43. The summed E-state index contributed by atoms with van der Waals surface area (Å²) in [5, 5.41) is 11.9. The first-order chi connectivity index (χ1) is 9.99. The summed E-state index contributed by atoms with van der Waals surface area (Å²) in [5.74, 6) is -1.00. The molecular formula is C13H8Cl2N2O4. The predicted molar refractivity (Wildman–Crippen MR) is 78.5 cm³/mol. The molecule has 0 bridgehead atoms. The van der Waals surface area contributed by atoms with Crippen molar-refractivity contribution in [2.45, 2.75) is 0 Å². The van der Waals surface area contributed by atoms with Crippen LogP contribution in [0, 0.1) is 10.1 Å². The SMILES string of the molecule is O=C(Nc1ccccc1)c1ccc(Cl)c(Cl)c1O[N+](=O)[O-]. The zero-order valence-electron chi connectivity index (χ0n) is 10.4. The number of hydrogen-bond donors (Lipinski definition) is 1. The molecule has 21 heavy (non-hydrogen) atoms. The molecule has 2 aromatic carbocycles. The minimum atomic E-state index is -1.06. The van der Waals surface area contributed by atoms with E-state index < -0.39 is 16.7 Å². The lowest BCUT2D eigenvalue weighted by molar-refractivity contribution is -0.711. The molecule has 0 unspecified atom stereocenters. The zero-order valence-corrected chi connectivity index (χ0v) is 11.9. The molecule has 1 amide bonds. The summed E-state index contributed by atoms with van der Waals surface area (Å²) >= 11 is 11.6. The Balaban J connectivity index is 2.36. The normalized spacial score (nSPS) is 10.0. The third-order valence-corrected chi connectivity index (χ3v) is 3.28. The number of hydrogen-bond acceptors (Lipinski definition) is 4. The van der Waals surface area contributed by atoms with Crippen LogP contribution in [0.5, 0.6) is 5.75 Å². The molecule has 2 aromatic rings. The molecule has 0 fully saturated rings. The molecule has 108 valence electrons. The fourth-order valence-electron chi connectivity index (χ4n) is 1.59. The highest BCUT2D eigenvalue weighted by molar-refractivity contribution is 6.43. The van der Waals surface area contributed by atoms with Crippen molar-refractivity contribution in [2.75, 3.05) is 5.32 Å². The van der Waals surface area contributed by atoms with E-state index in [1.54, 1.807) is 30.3 Å². The Morgan fingerprint density at radius 1 is 1.14 bits per heavy atom. The molecule has 0 saturated heterocycles. The van der Waals surface area contributed by atoms with Crippen LogP contribution in [0.2, 0.25) is 10.0 Å². The van der Waals surface area contributed by atoms with Crippen molar-refractivity contribution in [3.05, 3.63) is 68.2 Å². The van der Waals surface area contributed by atoms with E-state index >= 15 is 0 Å². The van der Waals surface area contributed by atoms with E-state index in [4.69, 9.17) is 23.2 Å². The van der Waals surface area contributed by atoms with E-state index in [1.807, 2.05) is 0 Å². The van der Waals surface area contributed by atoms with Gasteiger partial charge < -0.3 is 5.32 Å². The van der Waals surface area contributed by atoms with Crippen LogP contribution >= 0.6 is 23.2 Å². The molecule has 0 radical (unpaired) electrons. The van der Waals surface area contributed by atoms with Crippen molar-refractivity contribution in [1.82, 2.24) is 0 Å². The average molecular weight is 327 g/mol. The van der Waals surface area contributed by atoms with Gasteiger partial charge >= 0.3 is 0 Å². The van der Waals surface area contributed by atoms with Gasteiger partial charge in [0.25, 0.3) is 11.0 Å². The monoisotopic (exact) mass is 326 g/mol. The smallest absolute Gasteiger partial charge is 0.299 e. The first kappa shape index (κ1) is 15.1. The number of nitrogens with zero attached hydrogens (tertiary/aromatic N) is 1. The highest BCUT2D eigenvalue weighted by Gasteiger charge is 2.20. The van der Waals surface area contributed by atoms with Gasteiger partial charge in [-0.15, -0.1) is 10.1 Å². The van der Waals surface area contributed by atoms with Crippen LogP contribution in [-0.2, 0) is 0 Å². The minimum absolute atomic E-state index is 0.0461. The summed E-state index contributed by atoms with van der Waals surface area (Å²) in [6.07, 6.45) is 0. The van der Waals surface area contributed by atoms with Gasteiger partial charge in [-0.2, -0.15) is 0 Å². The molecule has 0 aliphatic rings. The standard InChI is InChI=1S/C13H8Cl2N2O4/c14-10-7-6-9(12(11(10)15)21-17(19)20)13(18)16-8-4-2-1-3-5-8/h1-7H,(H,16,18). The van der Waals surface area contributed by atoms with Crippen molar-refractivity contribution >= 4 is 34.8 Å². The second-order valence-corrected chi connectivity index (χ2v) is 4.66. The zero-order chi connectivity index (χ0) is 15.4. The summed E-state index contributed by atoms with van der Waals surface area (Å²) in [4.78, 5) is 27.0. The van der Waals surface area contributed by atoms with Crippen molar-refractivity contribution in [1.29, 1.82) is 0 Å². The minimum Gasteiger partial charge on any atom is -0.322 e. The van der Waals surface area contributed by atoms with Crippen molar-refractivity contribution in [3.8, 4) is 5.75 Å². The van der Waals surface area contributed by atoms with Crippen LogP contribution in [0.3, 0.4) is 0 Å². The lowest BCUT2D eigenvalue weighted by atomic mass is 10.2. The van der Waals surface area contributed by atoms with Crippen LogP contribution in [0.15, 0.2) is 42.5 Å². The maximum atomic E-state index is 12.2. The maximum absolute atomic E-state index is 12.2. The number of nitrogens with one attached hydrogen (secondary N) is 1. The Morgan fingerprint density at radius 2 is 1.81 bits per heavy atom. The van der Waals surface area contributed by atoms with Gasteiger partial charge in [0.1, 0.15) is 0 Å². The molecule has 8 heteroatoms. The third kappa shape index (κ3) is 3.62. The number of anilines is 1. The van der Waals surface area contributed by atoms with Gasteiger partial charge in [0, 0.05) is 5.69 Å². The lowest BCUT2D eigenvalue weighted by Gasteiger charge is -2.11. The van der Waals surface area contributed by atoms with Crippen molar-refractivity contribution in [3.63, 3.8) is 0 Å². The molecular weight excluding hydrogens is 319 g/mol. The number of halogens is 2. The molecule has 0 aliphatic heterocycles. The largest absolute Gasteiger partial charge is 0.322 e. The molecule has 0 spiro atoms. The second-order valence-electron chi connectivity index (χ2n) is 3.87. The van der Waals surface area contributed by atoms with Crippen LogP contribution in [-0.4, -0.2) is 11.0 Å². The van der Waals surface area contributed by atoms with E-state index in [1.165, 1.54) is 12.1 Å². The van der Waals surface area contributed by atoms with Crippen molar-refractivity contribution < 1.29 is 14.7 Å². The predicted octanol–water partition coefficient (Wildman–Crippen LogP) is 3.82. The first-order valence-electron chi connectivity index (χ1n) is 5.66. The van der Waals surface area contributed by atoms with E-state index in [2.05, 4.69) is 10.2 Å². The Bertz CT molecular complexity index is 692. The van der Waals surface area contributed by atoms with Gasteiger partial charge in [-0.25, -0.2) is 0 Å². The van der Waals surface area contributed by atoms with Gasteiger partial charge in [-0.05, 0) is 24.3 Å². The van der Waals surface area contributed by atoms with Gasteiger partial charge in [-0.1, -0.05) is 41.4 Å². The summed E-state index contributed by atoms with van der Waals surface area (Å²) in [7, 11) is 0. The number of benzene rings is 2. The molecule has 0 saturated carbocycles. The van der Waals surface area contributed by atoms with E-state index in [9.17, 15) is 14.9 Å². The number of carbonyl (C=O) groups is 1. The van der Waals surface area contributed by atoms with Gasteiger partial charge in [0.2, 0.25) is 0 Å². The fraction of sp³-hybridized carbons (Fsp3) is 0. The third-order valence-electron chi connectivity index (χ3n) is 2.49. The highest BCUT2D eigenvalue weighted by atomic mass is 35.5. The number of carbonyl (C=O) groups excluding carboxylic acids is 1. The van der Waals surface area contributed by atoms with E-state index in [0.717, 1.165) is 0 Å². The Morgan fingerprint density at radius 3 is 2.43 bits per heavy atom. The number of amides is 1.